The third-order valence-corrected chi connectivity index (χ3v) is 4.69. The lowest BCUT2D eigenvalue weighted by Crippen LogP contribution is -2.27. The lowest BCUT2D eigenvalue weighted by atomic mass is 10.0. The van der Waals surface area contributed by atoms with Crippen LogP contribution in [0.25, 0.3) is 22.2 Å². The molecule has 0 bridgehead atoms. The molecule has 1 unspecified atom stereocenters. The quantitative estimate of drug-likeness (QED) is 0.530. The van der Waals surface area contributed by atoms with Gasteiger partial charge in [-0.25, -0.2) is 13.8 Å². The molecule has 144 valence electrons. The predicted octanol–water partition coefficient (Wildman–Crippen LogP) is 5.07. The molecule has 2 heterocycles. The molecular weight excluding hydrogens is 372 g/mol. The van der Waals surface area contributed by atoms with Crippen molar-refractivity contribution in [1.29, 1.82) is 0 Å². The maximum Gasteiger partial charge on any atom is 0.252 e. The van der Waals surface area contributed by atoms with E-state index in [1.54, 1.807) is 31.5 Å². The number of para-hydroxylation sites is 1. The first-order valence-electron chi connectivity index (χ1n) is 9.09. The van der Waals surface area contributed by atoms with E-state index in [1.807, 2.05) is 30.3 Å². The van der Waals surface area contributed by atoms with E-state index in [9.17, 15) is 13.6 Å². The van der Waals surface area contributed by atoms with Crippen molar-refractivity contribution in [3.8, 4) is 11.3 Å². The van der Waals surface area contributed by atoms with Crippen LogP contribution in [0.15, 0.2) is 73.1 Å². The first-order valence-corrected chi connectivity index (χ1v) is 9.09. The number of hydrogen-bond acceptors (Lipinski definition) is 3. The molecule has 0 aliphatic rings. The molecule has 2 aromatic carbocycles. The monoisotopic (exact) mass is 389 g/mol. The summed E-state index contributed by atoms with van der Waals surface area (Å²) in [5.74, 6) is -1.73. The smallest absolute Gasteiger partial charge is 0.252 e. The van der Waals surface area contributed by atoms with Crippen molar-refractivity contribution in [3.05, 3.63) is 95.8 Å². The van der Waals surface area contributed by atoms with Crippen LogP contribution in [0.2, 0.25) is 0 Å². The lowest BCUT2D eigenvalue weighted by Gasteiger charge is -2.16. The van der Waals surface area contributed by atoms with Gasteiger partial charge < -0.3 is 5.32 Å². The van der Waals surface area contributed by atoms with Crippen LogP contribution < -0.4 is 5.32 Å². The minimum absolute atomic E-state index is 0.214. The van der Waals surface area contributed by atoms with Gasteiger partial charge in [0.2, 0.25) is 0 Å². The fraction of sp³-hybridized carbons (Fsp3) is 0.0870. The fourth-order valence-corrected chi connectivity index (χ4v) is 3.23. The topological polar surface area (TPSA) is 54.9 Å². The van der Waals surface area contributed by atoms with Crippen molar-refractivity contribution >= 4 is 16.8 Å². The normalized spacial score (nSPS) is 12.0. The molecule has 0 spiro atoms. The number of fused-ring (bicyclic) bond motifs is 1. The van der Waals surface area contributed by atoms with Gasteiger partial charge in [-0.15, -0.1) is 0 Å². The van der Waals surface area contributed by atoms with E-state index in [2.05, 4.69) is 15.3 Å². The second-order valence-electron chi connectivity index (χ2n) is 6.67. The van der Waals surface area contributed by atoms with Gasteiger partial charge in [0.25, 0.3) is 5.91 Å². The zero-order valence-electron chi connectivity index (χ0n) is 15.6. The van der Waals surface area contributed by atoms with Crippen LogP contribution in [-0.4, -0.2) is 15.9 Å². The largest absolute Gasteiger partial charge is 0.345 e. The summed E-state index contributed by atoms with van der Waals surface area (Å²) >= 11 is 0. The SMILES string of the molecule is CC(NC(=O)c1cc(-c2cccnc2)nc2ccccc12)c1ccc(F)cc1F. The van der Waals surface area contributed by atoms with Crippen LogP contribution in [0, 0.1) is 11.6 Å². The van der Waals surface area contributed by atoms with Crippen LogP contribution in [0.5, 0.6) is 0 Å². The molecule has 0 radical (unpaired) electrons. The van der Waals surface area contributed by atoms with Gasteiger partial charge in [0.15, 0.2) is 0 Å². The van der Waals surface area contributed by atoms with Crippen LogP contribution in [0.4, 0.5) is 8.78 Å². The highest BCUT2D eigenvalue weighted by Gasteiger charge is 2.18. The van der Waals surface area contributed by atoms with E-state index in [1.165, 1.54) is 12.1 Å². The summed E-state index contributed by atoms with van der Waals surface area (Å²) in [4.78, 5) is 21.8. The third-order valence-electron chi connectivity index (χ3n) is 4.69. The van der Waals surface area contributed by atoms with Gasteiger partial charge >= 0.3 is 0 Å². The van der Waals surface area contributed by atoms with Gasteiger partial charge in [-0.2, -0.15) is 0 Å². The molecule has 29 heavy (non-hydrogen) atoms. The summed E-state index contributed by atoms with van der Waals surface area (Å²) in [5.41, 5.74) is 2.70. The molecule has 4 nitrogen and oxygen atoms in total. The molecule has 2 aromatic heterocycles. The highest BCUT2D eigenvalue weighted by atomic mass is 19.1. The summed E-state index contributed by atoms with van der Waals surface area (Å²) in [6, 6.07) is 15.3. The van der Waals surface area contributed by atoms with E-state index < -0.39 is 17.7 Å². The Bertz CT molecular complexity index is 1200. The molecule has 0 aliphatic carbocycles. The molecule has 4 aromatic rings. The number of carbonyl (C=O) groups is 1. The minimum atomic E-state index is -0.701. The highest BCUT2D eigenvalue weighted by Crippen LogP contribution is 2.25. The average molecular weight is 389 g/mol. The predicted molar refractivity (Wildman–Crippen MR) is 107 cm³/mol. The number of nitrogens with zero attached hydrogens (tertiary/aromatic N) is 2. The van der Waals surface area contributed by atoms with Gasteiger partial charge in [-0.1, -0.05) is 24.3 Å². The van der Waals surface area contributed by atoms with E-state index in [0.29, 0.717) is 22.2 Å². The molecule has 4 rings (SSSR count). The van der Waals surface area contributed by atoms with Crippen molar-refractivity contribution in [1.82, 2.24) is 15.3 Å². The lowest BCUT2D eigenvalue weighted by molar-refractivity contribution is 0.0941. The molecular formula is C23H17F2N3O. The molecule has 1 atom stereocenters. The Morgan fingerprint density at radius 3 is 2.62 bits per heavy atom. The summed E-state index contributed by atoms with van der Waals surface area (Å²) in [6.07, 6.45) is 3.34. The number of carbonyl (C=O) groups excluding carboxylic acids is 1. The Morgan fingerprint density at radius 1 is 1.03 bits per heavy atom. The van der Waals surface area contributed by atoms with E-state index in [0.717, 1.165) is 11.6 Å². The molecule has 1 N–H and O–H groups in total. The number of halogens is 2. The highest BCUT2D eigenvalue weighted by molar-refractivity contribution is 6.07. The van der Waals surface area contributed by atoms with E-state index in [4.69, 9.17) is 0 Å². The average Bonchev–Trinajstić information content (AvgIpc) is 2.73. The maximum absolute atomic E-state index is 14.1. The Balaban J connectivity index is 1.73. The van der Waals surface area contributed by atoms with Crippen LogP contribution in [0.1, 0.15) is 28.9 Å². The maximum atomic E-state index is 14.1. The first-order chi connectivity index (χ1) is 14.0. The summed E-state index contributed by atoms with van der Waals surface area (Å²) in [7, 11) is 0. The number of nitrogens with one attached hydrogen (secondary N) is 1. The summed E-state index contributed by atoms with van der Waals surface area (Å²) < 4.78 is 27.3. The number of amides is 1. The first kappa shape index (κ1) is 18.7. The molecule has 6 heteroatoms. The Labute approximate surface area is 166 Å². The number of benzene rings is 2. The van der Waals surface area contributed by atoms with Gasteiger partial charge in [-0.05, 0) is 37.3 Å². The molecule has 0 saturated heterocycles. The van der Waals surface area contributed by atoms with Gasteiger partial charge in [0.1, 0.15) is 11.6 Å². The molecule has 1 amide bonds. The van der Waals surface area contributed by atoms with Crippen LogP contribution in [-0.2, 0) is 0 Å². The Morgan fingerprint density at radius 2 is 1.86 bits per heavy atom. The number of aromatic nitrogens is 2. The van der Waals surface area contributed by atoms with Crippen molar-refractivity contribution in [3.63, 3.8) is 0 Å². The van der Waals surface area contributed by atoms with Crippen molar-refractivity contribution in [2.75, 3.05) is 0 Å². The zero-order valence-corrected chi connectivity index (χ0v) is 15.6. The summed E-state index contributed by atoms with van der Waals surface area (Å²) in [6.45, 7) is 1.65. The number of rotatable bonds is 4. The number of pyridine rings is 2. The summed E-state index contributed by atoms with van der Waals surface area (Å²) in [5, 5.41) is 3.48. The van der Waals surface area contributed by atoms with Gasteiger partial charge in [0.05, 0.1) is 22.8 Å². The van der Waals surface area contributed by atoms with Crippen molar-refractivity contribution < 1.29 is 13.6 Å². The van der Waals surface area contributed by atoms with Crippen LogP contribution >= 0.6 is 0 Å². The van der Waals surface area contributed by atoms with Crippen molar-refractivity contribution in [2.24, 2.45) is 0 Å². The van der Waals surface area contributed by atoms with Crippen LogP contribution in [0.3, 0.4) is 0 Å². The Hall–Kier alpha value is -3.67. The second-order valence-corrected chi connectivity index (χ2v) is 6.67. The fourth-order valence-electron chi connectivity index (χ4n) is 3.23. The van der Waals surface area contributed by atoms with Gasteiger partial charge in [-0.3, -0.25) is 9.78 Å². The minimum Gasteiger partial charge on any atom is -0.345 e. The number of hydrogen-bond donors (Lipinski definition) is 1. The van der Waals surface area contributed by atoms with Gasteiger partial charge in [0, 0.05) is 35.0 Å². The second kappa shape index (κ2) is 7.75. The zero-order chi connectivity index (χ0) is 20.4. The molecule has 0 saturated carbocycles. The van der Waals surface area contributed by atoms with E-state index in [-0.39, 0.29) is 11.5 Å². The molecule has 0 fully saturated rings. The standard InChI is InChI=1S/C23H17F2N3O/c1-14(17-9-8-16(24)11-20(17)25)27-23(29)19-12-22(15-5-4-10-26-13-15)28-21-7-3-2-6-18(19)21/h2-14H,1H3,(H,27,29). The Kier molecular flexibility index (Phi) is 4.99. The third kappa shape index (κ3) is 3.82. The molecule has 0 aliphatic heterocycles. The van der Waals surface area contributed by atoms with E-state index >= 15 is 0 Å². The van der Waals surface area contributed by atoms with Crippen molar-refractivity contribution in [2.45, 2.75) is 13.0 Å².